The van der Waals surface area contributed by atoms with Gasteiger partial charge in [-0.25, -0.2) is 0 Å². The zero-order chi connectivity index (χ0) is 23.2. The second-order valence-electron chi connectivity index (χ2n) is 7.30. The lowest BCUT2D eigenvalue weighted by molar-refractivity contribution is -0.677. The number of rotatable bonds is 8. The SMILES string of the molecule is COC(=O)CCN1/C(=C\C=C\c2oc3ccccc3[n+]2CCC(=O)OC)Oc2ccccc21. The van der Waals surface area contributed by atoms with Crippen molar-refractivity contribution in [1.29, 1.82) is 0 Å². The van der Waals surface area contributed by atoms with Gasteiger partial charge in [-0.15, -0.1) is 0 Å². The van der Waals surface area contributed by atoms with Crippen LogP contribution in [0.1, 0.15) is 18.7 Å². The number of carbonyl (C=O) groups is 2. The van der Waals surface area contributed by atoms with Gasteiger partial charge in [0.2, 0.25) is 11.5 Å². The number of aryl methyl sites for hydroxylation is 1. The van der Waals surface area contributed by atoms with Crippen molar-refractivity contribution >= 4 is 34.8 Å². The molecular weight excluding hydrogens is 424 g/mol. The molecule has 0 amide bonds. The van der Waals surface area contributed by atoms with Gasteiger partial charge in [0.05, 0.1) is 32.4 Å². The van der Waals surface area contributed by atoms with Gasteiger partial charge in [-0.2, -0.15) is 4.57 Å². The maximum absolute atomic E-state index is 11.7. The Bertz CT molecular complexity index is 1230. The van der Waals surface area contributed by atoms with Crippen LogP contribution in [0.3, 0.4) is 0 Å². The molecule has 3 aromatic rings. The van der Waals surface area contributed by atoms with Crippen LogP contribution in [0.4, 0.5) is 5.69 Å². The summed E-state index contributed by atoms with van der Waals surface area (Å²) in [5, 5.41) is 0. The molecule has 1 aromatic heterocycles. The summed E-state index contributed by atoms with van der Waals surface area (Å²) in [6, 6.07) is 15.3. The summed E-state index contributed by atoms with van der Waals surface area (Å²) < 4.78 is 23.5. The zero-order valence-electron chi connectivity index (χ0n) is 18.5. The molecular formula is C25H25N2O6+. The number of anilines is 1. The first-order valence-electron chi connectivity index (χ1n) is 10.6. The molecule has 2 aromatic carbocycles. The number of fused-ring (bicyclic) bond motifs is 2. The first-order valence-corrected chi connectivity index (χ1v) is 10.6. The van der Waals surface area contributed by atoms with E-state index in [-0.39, 0.29) is 24.8 Å². The number of nitrogens with zero attached hydrogens (tertiary/aromatic N) is 2. The van der Waals surface area contributed by atoms with Gasteiger partial charge >= 0.3 is 17.8 Å². The first-order chi connectivity index (χ1) is 16.1. The third-order valence-corrected chi connectivity index (χ3v) is 5.29. The van der Waals surface area contributed by atoms with Crippen LogP contribution in [0.15, 0.2) is 71.0 Å². The molecule has 0 N–H and O–H groups in total. The number of allylic oxidation sites excluding steroid dienone is 2. The molecule has 0 fully saturated rings. The lowest BCUT2D eigenvalue weighted by Gasteiger charge is -2.17. The number of ether oxygens (including phenoxy) is 3. The Morgan fingerprint density at radius 1 is 1.00 bits per heavy atom. The molecule has 4 rings (SSSR count). The number of hydrogen-bond acceptors (Lipinski definition) is 7. The highest BCUT2D eigenvalue weighted by Crippen LogP contribution is 2.38. The molecule has 0 atom stereocenters. The number of aromatic nitrogens is 1. The fourth-order valence-corrected chi connectivity index (χ4v) is 3.64. The quantitative estimate of drug-likeness (QED) is 0.384. The van der Waals surface area contributed by atoms with E-state index >= 15 is 0 Å². The van der Waals surface area contributed by atoms with Crippen LogP contribution in [-0.2, 0) is 25.6 Å². The molecule has 1 aliphatic heterocycles. The molecule has 8 heteroatoms. The van der Waals surface area contributed by atoms with Gasteiger partial charge in [0.25, 0.3) is 5.52 Å². The van der Waals surface area contributed by atoms with Crippen molar-refractivity contribution in [3.8, 4) is 5.75 Å². The summed E-state index contributed by atoms with van der Waals surface area (Å²) in [6.45, 7) is 0.847. The second-order valence-corrected chi connectivity index (χ2v) is 7.30. The molecule has 2 heterocycles. The van der Waals surface area contributed by atoms with E-state index in [0.717, 1.165) is 22.5 Å². The van der Waals surface area contributed by atoms with Crippen molar-refractivity contribution in [3.63, 3.8) is 0 Å². The third kappa shape index (κ3) is 4.90. The summed E-state index contributed by atoms with van der Waals surface area (Å²) in [5.41, 5.74) is 2.50. The molecule has 0 bridgehead atoms. The van der Waals surface area contributed by atoms with Crippen molar-refractivity contribution in [3.05, 3.63) is 72.5 Å². The van der Waals surface area contributed by atoms with Crippen LogP contribution in [0.5, 0.6) is 5.75 Å². The molecule has 170 valence electrons. The summed E-state index contributed by atoms with van der Waals surface area (Å²) in [5.74, 6) is 1.33. The normalized spacial score (nSPS) is 14.0. The van der Waals surface area contributed by atoms with E-state index in [1.807, 2.05) is 76.2 Å². The predicted octanol–water partition coefficient (Wildman–Crippen LogP) is 3.60. The Kier molecular flexibility index (Phi) is 6.73. The van der Waals surface area contributed by atoms with Crippen molar-refractivity contribution in [1.82, 2.24) is 0 Å². The minimum atomic E-state index is -0.289. The van der Waals surface area contributed by atoms with Crippen LogP contribution in [0.2, 0.25) is 0 Å². The molecule has 0 saturated heterocycles. The fraction of sp³-hybridized carbons (Fsp3) is 0.240. The lowest BCUT2D eigenvalue weighted by atomic mass is 10.2. The van der Waals surface area contributed by atoms with Crippen molar-refractivity contribution in [2.75, 3.05) is 25.7 Å². The fourth-order valence-electron chi connectivity index (χ4n) is 3.64. The van der Waals surface area contributed by atoms with E-state index < -0.39 is 0 Å². The van der Waals surface area contributed by atoms with Crippen molar-refractivity contribution in [2.24, 2.45) is 0 Å². The Morgan fingerprint density at radius 2 is 1.73 bits per heavy atom. The van der Waals surface area contributed by atoms with Gasteiger partial charge in [0, 0.05) is 12.6 Å². The molecule has 33 heavy (non-hydrogen) atoms. The molecule has 0 spiro atoms. The molecule has 0 unspecified atom stereocenters. The van der Waals surface area contributed by atoms with Crippen LogP contribution in [0.25, 0.3) is 17.2 Å². The number of oxazole rings is 1. The minimum absolute atomic E-state index is 0.229. The van der Waals surface area contributed by atoms with Gasteiger partial charge in [-0.3, -0.25) is 9.59 Å². The Labute approximate surface area is 191 Å². The summed E-state index contributed by atoms with van der Waals surface area (Å²) in [6.07, 6.45) is 5.90. The van der Waals surface area contributed by atoms with E-state index in [1.54, 1.807) is 0 Å². The summed E-state index contributed by atoms with van der Waals surface area (Å²) in [7, 11) is 2.75. The van der Waals surface area contributed by atoms with Gasteiger partial charge in [-0.05, 0) is 30.4 Å². The highest BCUT2D eigenvalue weighted by atomic mass is 16.5. The van der Waals surface area contributed by atoms with Crippen LogP contribution in [-0.4, -0.2) is 32.7 Å². The first kappa shape index (κ1) is 22.1. The van der Waals surface area contributed by atoms with Crippen LogP contribution >= 0.6 is 0 Å². The van der Waals surface area contributed by atoms with E-state index in [0.29, 0.717) is 24.9 Å². The lowest BCUT2D eigenvalue weighted by Crippen LogP contribution is -2.36. The monoisotopic (exact) mass is 449 g/mol. The van der Waals surface area contributed by atoms with Gasteiger partial charge in [0.15, 0.2) is 12.3 Å². The van der Waals surface area contributed by atoms with Gasteiger partial charge in [0.1, 0.15) is 6.42 Å². The number of methoxy groups -OCH3 is 2. The molecule has 8 nitrogen and oxygen atoms in total. The number of carbonyl (C=O) groups excluding carboxylic acids is 2. The maximum atomic E-state index is 11.7. The van der Waals surface area contributed by atoms with Crippen LogP contribution < -0.4 is 14.2 Å². The topological polar surface area (TPSA) is 82.1 Å². The number of para-hydroxylation sites is 4. The van der Waals surface area contributed by atoms with E-state index in [1.165, 1.54) is 14.2 Å². The van der Waals surface area contributed by atoms with E-state index in [4.69, 9.17) is 18.6 Å². The predicted molar refractivity (Wildman–Crippen MR) is 121 cm³/mol. The molecule has 0 saturated carbocycles. The average molecular weight is 449 g/mol. The Balaban J connectivity index is 1.60. The number of benzene rings is 2. The smallest absolute Gasteiger partial charge is 0.374 e. The average Bonchev–Trinajstić information content (AvgIpc) is 3.38. The number of hydrogen-bond donors (Lipinski definition) is 0. The molecule has 0 aliphatic carbocycles. The van der Waals surface area contributed by atoms with Crippen LogP contribution in [0, 0.1) is 0 Å². The second kappa shape index (κ2) is 10.0. The van der Waals surface area contributed by atoms with Crippen molar-refractivity contribution < 1.29 is 32.8 Å². The standard InChI is InChI=1S/C25H25N2O6/c1-30-24(28)14-16-26-18-8-3-5-10-20(18)32-22(26)12-7-13-23-27(17-15-25(29)31-2)19-9-4-6-11-21(19)33-23/h3-13H,14-17H2,1-2H3/q+1. The zero-order valence-corrected chi connectivity index (χ0v) is 18.5. The van der Waals surface area contributed by atoms with Gasteiger partial charge < -0.3 is 23.5 Å². The Morgan fingerprint density at radius 3 is 2.55 bits per heavy atom. The third-order valence-electron chi connectivity index (χ3n) is 5.29. The largest absolute Gasteiger partial charge is 0.469 e. The highest BCUT2D eigenvalue weighted by molar-refractivity contribution is 5.73. The number of esters is 2. The van der Waals surface area contributed by atoms with Gasteiger partial charge in [-0.1, -0.05) is 24.3 Å². The van der Waals surface area contributed by atoms with E-state index in [9.17, 15) is 9.59 Å². The summed E-state index contributed by atoms with van der Waals surface area (Å²) >= 11 is 0. The molecule has 0 radical (unpaired) electrons. The maximum Gasteiger partial charge on any atom is 0.374 e. The Hall–Kier alpha value is -4.07. The van der Waals surface area contributed by atoms with E-state index in [2.05, 4.69) is 0 Å². The minimum Gasteiger partial charge on any atom is -0.469 e. The highest BCUT2D eigenvalue weighted by Gasteiger charge is 2.26. The molecule has 1 aliphatic rings. The van der Waals surface area contributed by atoms with Crippen molar-refractivity contribution in [2.45, 2.75) is 19.4 Å². The summed E-state index contributed by atoms with van der Waals surface area (Å²) in [4.78, 5) is 25.3.